The number of urea groups is 1. The number of amides is 2. The van der Waals surface area contributed by atoms with E-state index in [1.165, 1.54) is 6.42 Å². The molecule has 1 unspecified atom stereocenters. The van der Waals surface area contributed by atoms with E-state index in [-0.39, 0.29) is 29.0 Å². The number of hydrogen-bond acceptors (Lipinski definition) is 5. The minimum Gasteiger partial charge on any atom is -0.393 e. The zero-order valence-corrected chi connectivity index (χ0v) is 26.2. The summed E-state index contributed by atoms with van der Waals surface area (Å²) in [5.41, 5.74) is 0.397. The largest absolute Gasteiger partial charge is 0.393 e. The highest BCUT2D eigenvalue weighted by molar-refractivity contribution is 7.90. The molecule has 0 heterocycles. The molecule has 0 aromatic heterocycles. The van der Waals surface area contributed by atoms with Crippen LogP contribution in [0, 0.1) is 52.3 Å². The molecular formula is C32H56N2O5S. The van der Waals surface area contributed by atoms with E-state index in [0.717, 1.165) is 70.6 Å². The molecule has 0 spiro atoms. The summed E-state index contributed by atoms with van der Waals surface area (Å²) in [5.74, 6) is 3.03. The Morgan fingerprint density at radius 3 is 2.30 bits per heavy atom. The second-order valence-corrected chi connectivity index (χ2v) is 17.0. The van der Waals surface area contributed by atoms with Gasteiger partial charge in [0.1, 0.15) is 0 Å². The quantitative estimate of drug-likeness (QED) is 0.313. The lowest BCUT2D eigenvalue weighted by Gasteiger charge is -2.64. The Kier molecular flexibility index (Phi) is 8.93. The van der Waals surface area contributed by atoms with Gasteiger partial charge in [0.2, 0.25) is 10.0 Å². The van der Waals surface area contributed by atoms with E-state index < -0.39 is 21.3 Å². The maximum Gasteiger partial charge on any atom is 0.328 e. The van der Waals surface area contributed by atoms with Crippen LogP contribution in [0.3, 0.4) is 0 Å². The van der Waals surface area contributed by atoms with Crippen LogP contribution in [-0.2, 0) is 10.0 Å². The molecule has 5 saturated carbocycles. The number of hydrogen-bond donors (Lipinski definition) is 4. The molecule has 0 aliphatic heterocycles. The Bertz CT molecular complexity index is 1010. The molecule has 230 valence electrons. The van der Waals surface area contributed by atoms with Gasteiger partial charge in [0.15, 0.2) is 0 Å². The van der Waals surface area contributed by atoms with Crippen LogP contribution in [0.1, 0.15) is 118 Å². The molecule has 0 aromatic carbocycles. The van der Waals surface area contributed by atoms with Crippen molar-refractivity contribution in [1.29, 1.82) is 0 Å². The van der Waals surface area contributed by atoms with Crippen molar-refractivity contribution in [2.45, 2.75) is 135 Å². The van der Waals surface area contributed by atoms with Crippen LogP contribution in [0.5, 0.6) is 0 Å². The topological polar surface area (TPSA) is 116 Å². The maximum atomic E-state index is 12.6. The van der Waals surface area contributed by atoms with Crippen LogP contribution in [0.4, 0.5) is 4.79 Å². The Hall–Kier alpha value is -0.860. The summed E-state index contributed by atoms with van der Waals surface area (Å²) in [4.78, 5) is 12.5. The Morgan fingerprint density at radius 2 is 1.60 bits per heavy atom. The number of aliphatic hydroxyl groups excluding tert-OH is 2. The summed E-state index contributed by atoms with van der Waals surface area (Å²) in [7, 11) is -3.61. The number of fused-ring (bicyclic) bond motifs is 5. The molecule has 5 aliphatic carbocycles. The third-order valence-corrected chi connectivity index (χ3v) is 15.1. The monoisotopic (exact) mass is 580 g/mol. The minimum atomic E-state index is -3.61. The highest BCUT2D eigenvalue weighted by Gasteiger charge is 2.64. The summed E-state index contributed by atoms with van der Waals surface area (Å²) in [5, 5.41) is 24.8. The lowest BCUT2D eigenvalue weighted by molar-refractivity contribution is -0.203. The van der Waals surface area contributed by atoms with Gasteiger partial charge in [-0.05, 0) is 116 Å². The number of nitrogens with one attached hydrogen (secondary N) is 2. The normalized spacial score (nSPS) is 44.6. The van der Waals surface area contributed by atoms with E-state index in [9.17, 15) is 23.4 Å². The molecule has 11 atom stereocenters. The molecule has 0 radical (unpaired) electrons. The van der Waals surface area contributed by atoms with E-state index in [0.29, 0.717) is 54.9 Å². The second-order valence-electron chi connectivity index (χ2n) is 15.1. The molecule has 8 heteroatoms. The smallest absolute Gasteiger partial charge is 0.328 e. The van der Waals surface area contributed by atoms with E-state index >= 15 is 0 Å². The van der Waals surface area contributed by atoms with Crippen molar-refractivity contribution in [2.24, 2.45) is 52.3 Å². The molecular weight excluding hydrogens is 524 g/mol. The predicted octanol–water partition coefficient (Wildman–Crippen LogP) is 5.60. The van der Waals surface area contributed by atoms with Crippen molar-refractivity contribution in [2.75, 3.05) is 6.54 Å². The molecule has 0 saturated heterocycles. The Morgan fingerprint density at radius 1 is 0.925 bits per heavy atom. The lowest BCUT2D eigenvalue weighted by Crippen LogP contribution is -2.62. The Balaban J connectivity index is 1.21. The summed E-state index contributed by atoms with van der Waals surface area (Å²) >= 11 is 0. The van der Waals surface area contributed by atoms with Gasteiger partial charge in [0.25, 0.3) is 0 Å². The van der Waals surface area contributed by atoms with Gasteiger partial charge in [0.05, 0.1) is 17.5 Å². The van der Waals surface area contributed by atoms with E-state index in [1.54, 1.807) is 0 Å². The average Bonchev–Trinajstić information content (AvgIpc) is 3.27. The SMILES string of the molecule is CC[C@H]1[C@@H](O)[C@@H]2[C@H](CC[C@]3(C)[C@@H](C(C)CCNC(=O)NS(=O)(=O)C4CCCCC4)CC[C@@H]23)[C@@]2(C)CC[C@@H](O)C[C@@H]12. The van der Waals surface area contributed by atoms with Crippen LogP contribution in [0.25, 0.3) is 0 Å². The molecule has 7 nitrogen and oxygen atoms in total. The number of sulfonamides is 1. The minimum absolute atomic E-state index is 0.184. The van der Waals surface area contributed by atoms with Gasteiger partial charge in [-0.3, -0.25) is 0 Å². The van der Waals surface area contributed by atoms with Gasteiger partial charge in [-0.15, -0.1) is 0 Å². The van der Waals surface area contributed by atoms with Gasteiger partial charge >= 0.3 is 6.03 Å². The van der Waals surface area contributed by atoms with Crippen molar-refractivity contribution in [3.8, 4) is 0 Å². The third-order valence-electron chi connectivity index (χ3n) is 13.3. The molecule has 2 amide bonds. The zero-order valence-electron chi connectivity index (χ0n) is 25.4. The Labute approximate surface area is 243 Å². The lowest BCUT2D eigenvalue weighted by atomic mass is 9.41. The molecule has 5 aliphatic rings. The first-order valence-corrected chi connectivity index (χ1v) is 18.1. The second kappa shape index (κ2) is 11.7. The molecule has 0 bridgehead atoms. The molecule has 5 fully saturated rings. The van der Waals surface area contributed by atoms with Gasteiger partial charge in [0, 0.05) is 6.54 Å². The van der Waals surface area contributed by atoms with Crippen LogP contribution >= 0.6 is 0 Å². The fraction of sp³-hybridized carbons (Fsp3) is 0.969. The summed E-state index contributed by atoms with van der Waals surface area (Å²) in [6.45, 7) is 9.96. The third kappa shape index (κ3) is 5.36. The summed E-state index contributed by atoms with van der Waals surface area (Å²) < 4.78 is 27.5. The van der Waals surface area contributed by atoms with Gasteiger partial charge in [-0.2, -0.15) is 0 Å². The van der Waals surface area contributed by atoms with Crippen LogP contribution in [-0.4, -0.2) is 48.7 Å². The van der Waals surface area contributed by atoms with Crippen LogP contribution < -0.4 is 10.0 Å². The van der Waals surface area contributed by atoms with Crippen molar-refractivity contribution >= 4 is 16.1 Å². The first-order valence-electron chi connectivity index (χ1n) is 16.6. The standard InChI is InChI=1S/C32H56N2O5S/c1-5-23-27-19-21(35)13-16-32(27,4)26-14-17-31(3)24(11-12-25(31)28(26)29(23)36)20(2)15-18-33-30(37)34-40(38,39)22-9-7-6-8-10-22/h20-29,35-36H,5-19H2,1-4H3,(H2,33,34,37)/t20?,21-,23-,24-,25+,26+,27+,28+,29-,31-,32-/m1/s1. The number of aliphatic hydroxyl groups is 2. The van der Waals surface area contributed by atoms with E-state index in [1.807, 2.05) is 0 Å². The molecule has 40 heavy (non-hydrogen) atoms. The summed E-state index contributed by atoms with van der Waals surface area (Å²) in [6, 6.07) is -0.592. The fourth-order valence-electron chi connectivity index (χ4n) is 11.2. The first-order chi connectivity index (χ1) is 18.9. The fourth-order valence-corrected chi connectivity index (χ4v) is 12.6. The predicted molar refractivity (Wildman–Crippen MR) is 158 cm³/mol. The van der Waals surface area contributed by atoms with Gasteiger partial charge in [-0.25, -0.2) is 17.9 Å². The maximum absolute atomic E-state index is 12.6. The molecule has 0 aromatic rings. The van der Waals surface area contributed by atoms with Crippen molar-refractivity contribution in [1.82, 2.24) is 10.0 Å². The van der Waals surface area contributed by atoms with Gasteiger partial charge < -0.3 is 15.5 Å². The van der Waals surface area contributed by atoms with E-state index in [2.05, 4.69) is 37.7 Å². The number of carbonyl (C=O) groups excluding carboxylic acids is 1. The zero-order chi connectivity index (χ0) is 28.9. The van der Waals surface area contributed by atoms with Crippen molar-refractivity contribution in [3.05, 3.63) is 0 Å². The van der Waals surface area contributed by atoms with E-state index in [4.69, 9.17) is 0 Å². The number of rotatable bonds is 7. The first kappa shape index (κ1) is 30.6. The molecule has 4 N–H and O–H groups in total. The van der Waals surface area contributed by atoms with Crippen molar-refractivity contribution in [3.63, 3.8) is 0 Å². The highest BCUT2D eigenvalue weighted by atomic mass is 32.2. The average molecular weight is 581 g/mol. The van der Waals surface area contributed by atoms with Crippen LogP contribution in [0.2, 0.25) is 0 Å². The highest BCUT2D eigenvalue weighted by Crippen LogP contribution is 2.69. The van der Waals surface area contributed by atoms with Gasteiger partial charge in [-0.1, -0.05) is 53.4 Å². The van der Waals surface area contributed by atoms with Crippen LogP contribution in [0.15, 0.2) is 0 Å². The van der Waals surface area contributed by atoms with Crippen molar-refractivity contribution < 1.29 is 23.4 Å². The summed E-state index contributed by atoms with van der Waals surface area (Å²) in [6.07, 6.45) is 13.0. The number of carbonyl (C=O) groups is 1. The molecule has 5 rings (SSSR count).